The zero-order valence-electron chi connectivity index (χ0n) is 25.0. The molecule has 0 aromatic carbocycles. The number of rotatable bonds is 21. The largest absolute Gasteiger partial charge is 0.126 e. The molecule has 9 unspecified atom stereocenters. The Kier molecular flexibility index (Phi) is 19.0. The van der Waals surface area contributed by atoms with E-state index in [9.17, 15) is 0 Å². The smallest absolute Gasteiger partial charge is 0.00934 e. The standard InChI is InChI=1S/C30H66P4/c1-10-19-25(16-7)28(31,22-13-4)34(29(32,23-14-5)26(17-8)20-11-2)30(33,24-15-6)27(18-9)21-12-3/h25-27H,10-24,31-33H2,1-9H3. The molecule has 0 radical (unpaired) electrons. The highest BCUT2D eigenvalue weighted by molar-refractivity contribution is 7.78. The van der Waals surface area contributed by atoms with Crippen LogP contribution in [0.5, 0.6) is 0 Å². The topological polar surface area (TPSA) is 0 Å². The number of hydrogen-bond acceptors (Lipinski definition) is 0. The molecule has 0 rings (SSSR count). The summed E-state index contributed by atoms with van der Waals surface area (Å²) in [6.07, 6.45) is 20.1. The molecule has 9 atom stereocenters. The Bertz CT molecular complexity index is 441. The fourth-order valence-corrected chi connectivity index (χ4v) is 20.8. The van der Waals surface area contributed by atoms with E-state index in [1.807, 2.05) is 0 Å². The molecule has 0 N–H and O–H groups in total. The monoisotopic (exact) mass is 550 g/mol. The van der Waals surface area contributed by atoms with Gasteiger partial charge in [-0.25, -0.2) is 0 Å². The van der Waals surface area contributed by atoms with Gasteiger partial charge < -0.3 is 0 Å². The molecule has 0 nitrogen and oxygen atoms in total. The van der Waals surface area contributed by atoms with Crippen LogP contribution in [0.15, 0.2) is 0 Å². The van der Waals surface area contributed by atoms with Gasteiger partial charge in [0.1, 0.15) is 0 Å². The first kappa shape index (κ1) is 35.7. The second-order valence-electron chi connectivity index (χ2n) is 11.2. The first-order valence-corrected chi connectivity index (χ1v) is 18.4. The summed E-state index contributed by atoms with van der Waals surface area (Å²) in [4.78, 5) is 1.06. The van der Waals surface area contributed by atoms with Crippen molar-refractivity contribution in [3.8, 4) is 0 Å². The predicted octanol–water partition coefficient (Wildman–Crippen LogP) is 12.1. The van der Waals surface area contributed by atoms with Crippen molar-refractivity contribution in [3.05, 3.63) is 0 Å². The summed E-state index contributed by atoms with van der Waals surface area (Å²) in [6.45, 7) is 22.1. The molecule has 0 spiro atoms. The third kappa shape index (κ3) is 8.62. The van der Waals surface area contributed by atoms with Gasteiger partial charge in [-0.2, -0.15) is 0 Å². The lowest BCUT2D eigenvalue weighted by molar-refractivity contribution is 0.341. The average Bonchev–Trinajstić information content (AvgIpc) is 2.79. The molecule has 206 valence electrons. The molecule has 0 fully saturated rings. The molecule has 0 amide bonds. The molecule has 4 heteroatoms. The first-order valence-electron chi connectivity index (χ1n) is 15.3. The third-order valence-corrected chi connectivity index (χ3v) is 17.6. The lowest BCUT2D eigenvalue weighted by Crippen LogP contribution is -2.49. The Labute approximate surface area is 226 Å². The zero-order valence-corrected chi connectivity index (χ0v) is 29.4. The van der Waals surface area contributed by atoms with Crippen LogP contribution in [0.25, 0.3) is 0 Å². The summed E-state index contributed by atoms with van der Waals surface area (Å²) >= 11 is 0. The fourth-order valence-electron chi connectivity index (χ4n) is 7.33. The summed E-state index contributed by atoms with van der Waals surface area (Å²) in [7, 11) is 10.7. The van der Waals surface area contributed by atoms with Crippen molar-refractivity contribution in [2.45, 2.75) is 173 Å². The Morgan fingerprint density at radius 2 is 0.676 bits per heavy atom. The highest BCUT2D eigenvalue weighted by Gasteiger charge is 2.58. The van der Waals surface area contributed by atoms with Crippen molar-refractivity contribution in [1.29, 1.82) is 0 Å². The van der Waals surface area contributed by atoms with E-state index in [0.717, 1.165) is 17.8 Å². The van der Waals surface area contributed by atoms with Gasteiger partial charge >= 0.3 is 0 Å². The van der Waals surface area contributed by atoms with Gasteiger partial charge in [0.05, 0.1) is 0 Å². The third-order valence-electron chi connectivity index (χ3n) is 8.71. The van der Waals surface area contributed by atoms with Crippen LogP contribution >= 0.6 is 35.6 Å². The van der Waals surface area contributed by atoms with Crippen LogP contribution in [0.3, 0.4) is 0 Å². The van der Waals surface area contributed by atoms with Gasteiger partial charge in [-0.15, -0.1) is 27.7 Å². The van der Waals surface area contributed by atoms with Gasteiger partial charge in [0.2, 0.25) is 0 Å². The van der Waals surface area contributed by atoms with E-state index >= 15 is 0 Å². The van der Waals surface area contributed by atoms with E-state index in [1.54, 1.807) is 0 Å². The quantitative estimate of drug-likeness (QED) is 0.125. The molecule has 0 saturated carbocycles. The highest BCUT2D eigenvalue weighted by atomic mass is 31.2. The Morgan fingerprint density at radius 1 is 0.441 bits per heavy atom. The maximum atomic E-state index is 3.67. The van der Waals surface area contributed by atoms with Crippen molar-refractivity contribution < 1.29 is 0 Å². The summed E-state index contributed by atoms with van der Waals surface area (Å²) in [6, 6.07) is 0. The van der Waals surface area contributed by atoms with Crippen molar-refractivity contribution in [2.75, 3.05) is 0 Å². The van der Waals surface area contributed by atoms with Gasteiger partial charge in [0.25, 0.3) is 0 Å². The van der Waals surface area contributed by atoms with Gasteiger partial charge in [0, 0.05) is 14.7 Å². The van der Waals surface area contributed by atoms with Crippen LogP contribution in [-0.2, 0) is 0 Å². The maximum absolute atomic E-state index is 3.67. The SMILES string of the molecule is CCCC(CC)C(P)(CCC)P(C(P)(CCC)C(CC)CCC)C(P)(CCC)C(CC)CCC. The molecule has 0 aromatic heterocycles. The van der Waals surface area contributed by atoms with Crippen molar-refractivity contribution in [1.82, 2.24) is 0 Å². The van der Waals surface area contributed by atoms with Gasteiger partial charge in [0.15, 0.2) is 0 Å². The lowest BCUT2D eigenvalue weighted by Gasteiger charge is -2.63. The second kappa shape index (κ2) is 18.1. The molecular weight excluding hydrogens is 484 g/mol. The summed E-state index contributed by atoms with van der Waals surface area (Å²) in [5.41, 5.74) is 0. The molecule has 0 heterocycles. The minimum absolute atomic E-state index is 0.296. The average molecular weight is 551 g/mol. The van der Waals surface area contributed by atoms with Gasteiger partial charge in [-0.05, 0) is 56.3 Å². The van der Waals surface area contributed by atoms with Crippen LogP contribution in [0.2, 0.25) is 0 Å². The van der Waals surface area contributed by atoms with E-state index in [-0.39, 0.29) is 7.92 Å². The minimum Gasteiger partial charge on any atom is -0.126 e. The van der Waals surface area contributed by atoms with E-state index in [4.69, 9.17) is 0 Å². The highest BCUT2D eigenvalue weighted by Crippen LogP contribution is 2.83. The second-order valence-corrected chi connectivity index (χ2v) is 19.0. The van der Waals surface area contributed by atoms with Crippen molar-refractivity contribution in [2.24, 2.45) is 17.8 Å². The normalized spacial score (nSPS) is 21.2. The van der Waals surface area contributed by atoms with Crippen LogP contribution in [-0.4, -0.2) is 14.7 Å². The Balaban J connectivity index is 7.47. The molecule has 0 aliphatic rings. The molecule has 0 saturated heterocycles. The summed E-state index contributed by atoms with van der Waals surface area (Å²) in [5, 5.41) is 0. The molecular formula is C30H66P4. The molecule has 34 heavy (non-hydrogen) atoms. The van der Waals surface area contributed by atoms with Gasteiger partial charge in [-0.3, -0.25) is 0 Å². The van der Waals surface area contributed by atoms with E-state index in [1.165, 1.54) is 96.3 Å². The number of hydrogen-bond donors (Lipinski definition) is 0. The molecule has 0 aromatic rings. The van der Waals surface area contributed by atoms with E-state index < -0.39 is 0 Å². The fraction of sp³-hybridized carbons (Fsp3) is 1.00. The first-order chi connectivity index (χ1) is 16.1. The summed E-state index contributed by atoms with van der Waals surface area (Å²) < 4.78 is 0. The van der Waals surface area contributed by atoms with Crippen LogP contribution in [0, 0.1) is 17.8 Å². The van der Waals surface area contributed by atoms with E-state index in [2.05, 4.69) is 90.0 Å². The lowest BCUT2D eigenvalue weighted by atomic mass is 9.91. The Morgan fingerprint density at radius 3 is 0.824 bits per heavy atom. The van der Waals surface area contributed by atoms with Crippen LogP contribution < -0.4 is 0 Å². The predicted molar refractivity (Wildman–Crippen MR) is 175 cm³/mol. The maximum Gasteiger partial charge on any atom is 0.00934 e. The van der Waals surface area contributed by atoms with Crippen molar-refractivity contribution >= 4 is 35.6 Å². The molecule has 0 aliphatic heterocycles. The minimum atomic E-state index is -0.296. The summed E-state index contributed by atoms with van der Waals surface area (Å²) in [5.74, 6) is 2.42. The van der Waals surface area contributed by atoms with Crippen LogP contribution in [0.4, 0.5) is 0 Å². The Hall–Kier alpha value is 1.72. The zero-order chi connectivity index (χ0) is 26.4. The van der Waals surface area contributed by atoms with Crippen LogP contribution in [0.1, 0.15) is 159 Å². The van der Waals surface area contributed by atoms with E-state index in [0.29, 0.717) is 14.7 Å². The van der Waals surface area contributed by atoms with Gasteiger partial charge in [-0.1, -0.05) is 128 Å². The molecule has 0 bridgehead atoms. The molecule has 0 aliphatic carbocycles. The van der Waals surface area contributed by atoms with Crippen molar-refractivity contribution in [3.63, 3.8) is 0 Å².